The second kappa shape index (κ2) is 10.2. The maximum atomic E-state index is 12.7. The summed E-state index contributed by atoms with van der Waals surface area (Å²) in [5.74, 6) is -0.585. The average Bonchev–Trinajstić information content (AvgIpc) is 2.74. The highest BCUT2D eigenvalue weighted by molar-refractivity contribution is 6.05. The van der Waals surface area contributed by atoms with Gasteiger partial charge in [0.05, 0.1) is 6.42 Å². The van der Waals surface area contributed by atoms with Gasteiger partial charge in [0.15, 0.2) is 0 Å². The van der Waals surface area contributed by atoms with E-state index in [4.69, 9.17) is 4.74 Å². The zero-order valence-electron chi connectivity index (χ0n) is 17.5. The van der Waals surface area contributed by atoms with Crippen molar-refractivity contribution in [3.63, 3.8) is 0 Å². The van der Waals surface area contributed by atoms with E-state index in [1.54, 1.807) is 24.3 Å². The molecule has 0 aliphatic rings. The number of esters is 1. The maximum Gasteiger partial charge on any atom is 0.308 e. The third-order valence-electron chi connectivity index (χ3n) is 4.71. The number of carbonyl (C=O) groups is 3. The summed E-state index contributed by atoms with van der Waals surface area (Å²) in [4.78, 5) is 36.2. The number of para-hydroxylation sites is 1. The standard InChI is InChI=1S/C25H24N2O4/c1-17-8-3-4-9-19(17)15-24(29)26-16-21-10-5-6-13-23(21)27-25(30)20-11-7-12-22(14-20)31-18(2)28/h3-14H,15-16H2,1-2H3,(H,26,29)(H,27,30). The third-order valence-corrected chi connectivity index (χ3v) is 4.71. The lowest BCUT2D eigenvalue weighted by Gasteiger charge is -2.13. The van der Waals surface area contributed by atoms with Crippen molar-refractivity contribution in [1.82, 2.24) is 5.32 Å². The molecule has 0 saturated heterocycles. The van der Waals surface area contributed by atoms with Crippen molar-refractivity contribution in [2.45, 2.75) is 26.8 Å². The summed E-state index contributed by atoms with van der Waals surface area (Å²) in [5, 5.41) is 5.77. The zero-order valence-corrected chi connectivity index (χ0v) is 17.5. The number of anilines is 1. The summed E-state index contributed by atoms with van der Waals surface area (Å²) in [6.07, 6.45) is 0.296. The van der Waals surface area contributed by atoms with E-state index >= 15 is 0 Å². The van der Waals surface area contributed by atoms with Crippen LogP contribution >= 0.6 is 0 Å². The van der Waals surface area contributed by atoms with E-state index in [2.05, 4.69) is 10.6 Å². The van der Waals surface area contributed by atoms with E-state index in [1.807, 2.05) is 49.4 Å². The van der Waals surface area contributed by atoms with Crippen LogP contribution in [0.4, 0.5) is 5.69 Å². The van der Waals surface area contributed by atoms with E-state index in [0.717, 1.165) is 16.7 Å². The lowest BCUT2D eigenvalue weighted by atomic mass is 10.1. The molecule has 2 amide bonds. The number of hydrogen-bond donors (Lipinski definition) is 2. The first-order valence-electron chi connectivity index (χ1n) is 9.91. The van der Waals surface area contributed by atoms with Crippen LogP contribution in [0.2, 0.25) is 0 Å². The van der Waals surface area contributed by atoms with Gasteiger partial charge in [-0.1, -0.05) is 48.5 Å². The van der Waals surface area contributed by atoms with E-state index in [9.17, 15) is 14.4 Å². The number of carbonyl (C=O) groups excluding carboxylic acids is 3. The minimum absolute atomic E-state index is 0.0930. The van der Waals surface area contributed by atoms with Crippen molar-refractivity contribution >= 4 is 23.5 Å². The largest absolute Gasteiger partial charge is 0.427 e. The van der Waals surface area contributed by atoms with Crippen LogP contribution in [-0.2, 0) is 22.6 Å². The molecule has 6 nitrogen and oxygen atoms in total. The monoisotopic (exact) mass is 416 g/mol. The summed E-state index contributed by atoms with van der Waals surface area (Å²) in [6, 6.07) is 21.4. The first-order valence-corrected chi connectivity index (χ1v) is 9.91. The Morgan fingerprint density at radius 1 is 0.871 bits per heavy atom. The van der Waals surface area contributed by atoms with E-state index in [1.165, 1.54) is 13.0 Å². The topological polar surface area (TPSA) is 84.5 Å². The van der Waals surface area contributed by atoms with Gasteiger partial charge in [-0.15, -0.1) is 0 Å². The van der Waals surface area contributed by atoms with Gasteiger partial charge in [0.25, 0.3) is 5.91 Å². The normalized spacial score (nSPS) is 10.3. The second-order valence-electron chi connectivity index (χ2n) is 7.11. The number of amides is 2. The molecule has 0 radical (unpaired) electrons. The lowest BCUT2D eigenvalue weighted by Crippen LogP contribution is -2.25. The van der Waals surface area contributed by atoms with Crippen LogP contribution in [0.3, 0.4) is 0 Å². The molecule has 0 aliphatic carbocycles. The number of nitrogens with one attached hydrogen (secondary N) is 2. The molecule has 3 aromatic rings. The summed E-state index contributed by atoms with van der Waals surface area (Å²) < 4.78 is 5.03. The first-order chi connectivity index (χ1) is 14.9. The Bertz CT molecular complexity index is 1110. The Morgan fingerprint density at radius 3 is 2.32 bits per heavy atom. The van der Waals surface area contributed by atoms with Gasteiger partial charge >= 0.3 is 5.97 Å². The predicted molar refractivity (Wildman–Crippen MR) is 119 cm³/mol. The molecule has 0 saturated carbocycles. The second-order valence-corrected chi connectivity index (χ2v) is 7.11. The third kappa shape index (κ3) is 6.27. The van der Waals surface area contributed by atoms with Crippen LogP contribution in [0.15, 0.2) is 72.8 Å². The highest BCUT2D eigenvalue weighted by Gasteiger charge is 2.12. The fraction of sp³-hybridized carbons (Fsp3) is 0.160. The molecule has 3 rings (SSSR count). The Kier molecular flexibility index (Phi) is 7.17. The van der Waals surface area contributed by atoms with E-state index < -0.39 is 5.97 Å². The number of rotatable bonds is 7. The summed E-state index contributed by atoms with van der Waals surface area (Å²) in [6.45, 7) is 3.56. The molecule has 0 fully saturated rings. The van der Waals surface area contributed by atoms with Gasteiger partial charge in [-0.2, -0.15) is 0 Å². The van der Waals surface area contributed by atoms with Crippen molar-refractivity contribution in [2.24, 2.45) is 0 Å². The predicted octanol–water partition coefficient (Wildman–Crippen LogP) is 4.03. The highest BCUT2D eigenvalue weighted by atomic mass is 16.5. The Hall–Kier alpha value is -3.93. The minimum atomic E-state index is -0.454. The van der Waals surface area contributed by atoms with Gasteiger partial charge in [0, 0.05) is 24.7 Å². The molecule has 31 heavy (non-hydrogen) atoms. The van der Waals surface area contributed by atoms with Gasteiger partial charge in [0.2, 0.25) is 5.91 Å². The quantitative estimate of drug-likeness (QED) is 0.450. The fourth-order valence-corrected chi connectivity index (χ4v) is 3.10. The minimum Gasteiger partial charge on any atom is -0.427 e. The smallest absolute Gasteiger partial charge is 0.308 e. The number of aryl methyl sites for hydroxylation is 1. The van der Waals surface area contributed by atoms with Gasteiger partial charge in [-0.3, -0.25) is 14.4 Å². The molecule has 0 bridgehead atoms. The zero-order chi connectivity index (χ0) is 22.2. The van der Waals surface area contributed by atoms with Crippen molar-refractivity contribution in [1.29, 1.82) is 0 Å². The molecular weight excluding hydrogens is 392 g/mol. The molecule has 0 spiro atoms. The van der Waals surface area contributed by atoms with Crippen molar-refractivity contribution < 1.29 is 19.1 Å². The summed E-state index contributed by atoms with van der Waals surface area (Å²) >= 11 is 0. The molecule has 0 unspecified atom stereocenters. The molecule has 0 atom stereocenters. The molecule has 2 N–H and O–H groups in total. The Labute approximate surface area is 181 Å². The molecule has 0 aromatic heterocycles. The van der Waals surface area contributed by atoms with Gasteiger partial charge < -0.3 is 15.4 Å². The number of hydrogen-bond acceptors (Lipinski definition) is 4. The Morgan fingerprint density at radius 2 is 1.58 bits per heavy atom. The summed E-state index contributed by atoms with van der Waals surface area (Å²) in [5.41, 5.74) is 3.79. The van der Waals surface area contributed by atoms with Gasteiger partial charge in [-0.05, 0) is 47.9 Å². The number of ether oxygens (including phenoxy) is 1. The lowest BCUT2D eigenvalue weighted by molar-refractivity contribution is -0.131. The molecular formula is C25H24N2O4. The molecule has 3 aromatic carbocycles. The molecule has 158 valence electrons. The molecule has 0 heterocycles. The summed E-state index contributed by atoms with van der Waals surface area (Å²) in [7, 11) is 0. The van der Waals surface area contributed by atoms with Crippen molar-refractivity contribution in [3.05, 3.63) is 95.1 Å². The van der Waals surface area contributed by atoms with Crippen LogP contribution in [0, 0.1) is 6.92 Å². The average molecular weight is 416 g/mol. The maximum absolute atomic E-state index is 12.7. The fourth-order valence-electron chi connectivity index (χ4n) is 3.10. The van der Waals surface area contributed by atoms with Crippen molar-refractivity contribution in [2.75, 3.05) is 5.32 Å². The van der Waals surface area contributed by atoms with Crippen LogP contribution in [0.5, 0.6) is 5.75 Å². The van der Waals surface area contributed by atoms with Crippen LogP contribution in [-0.4, -0.2) is 17.8 Å². The van der Waals surface area contributed by atoms with Crippen LogP contribution in [0.25, 0.3) is 0 Å². The van der Waals surface area contributed by atoms with E-state index in [-0.39, 0.29) is 18.4 Å². The highest BCUT2D eigenvalue weighted by Crippen LogP contribution is 2.19. The van der Waals surface area contributed by atoms with Crippen molar-refractivity contribution in [3.8, 4) is 5.75 Å². The van der Waals surface area contributed by atoms with Gasteiger partial charge in [0.1, 0.15) is 5.75 Å². The molecule has 6 heteroatoms. The first kappa shape index (κ1) is 21.8. The van der Waals surface area contributed by atoms with Crippen LogP contribution < -0.4 is 15.4 Å². The van der Waals surface area contributed by atoms with Crippen LogP contribution in [0.1, 0.15) is 34.0 Å². The number of benzene rings is 3. The molecule has 0 aliphatic heterocycles. The van der Waals surface area contributed by atoms with E-state index in [0.29, 0.717) is 23.4 Å². The Balaban J connectivity index is 1.65. The van der Waals surface area contributed by atoms with Gasteiger partial charge in [-0.25, -0.2) is 0 Å². The SMILES string of the molecule is CC(=O)Oc1cccc(C(=O)Nc2ccccc2CNC(=O)Cc2ccccc2C)c1.